The van der Waals surface area contributed by atoms with Gasteiger partial charge < -0.3 is 4.74 Å². The predicted molar refractivity (Wildman–Crippen MR) is 64.5 cm³/mol. The maximum Gasteiger partial charge on any atom is 0.573 e. The Hall–Kier alpha value is -2.31. The molecule has 0 amide bonds. The molecule has 0 saturated carbocycles. The van der Waals surface area contributed by atoms with E-state index in [0.717, 1.165) is 6.07 Å². The van der Waals surface area contributed by atoms with Crippen molar-refractivity contribution in [2.75, 3.05) is 0 Å². The Morgan fingerprint density at radius 2 is 1.95 bits per heavy atom. The van der Waals surface area contributed by atoms with E-state index in [9.17, 15) is 18.0 Å². The molecule has 0 aliphatic carbocycles. The number of aromatic nitrogens is 2. The fraction of sp³-hybridized carbons (Fsp3) is 0.231. The Labute approximate surface area is 112 Å². The van der Waals surface area contributed by atoms with Crippen molar-refractivity contribution in [3.8, 4) is 5.75 Å². The van der Waals surface area contributed by atoms with Gasteiger partial charge in [0.1, 0.15) is 11.4 Å². The maximum atomic E-state index is 12.3. The number of aryl methyl sites for hydroxylation is 2. The number of carbonyl (C=O) groups excluding carboxylic acids is 1. The van der Waals surface area contributed by atoms with Gasteiger partial charge in [0, 0.05) is 7.05 Å². The lowest BCUT2D eigenvalue weighted by Crippen LogP contribution is -2.19. The van der Waals surface area contributed by atoms with E-state index >= 15 is 0 Å². The number of alkyl halides is 3. The van der Waals surface area contributed by atoms with Gasteiger partial charge in [-0.1, -0.05) is 12.1 Å². The molecule has 0 saturated heterocycles. The summed E-state index contributed by atoms with van der Waals surface area (Å²) in [5, 5.41) is 3.99. The molecule has 0 aliphatic heterocycles. The Balaban J connectivity index is 2.42. The predicted octanol–water partition coefficient (Wildman–Crippen LogP) is 2.86. The number of ketones is 1. The van der Waals surface area contributed by atoms with Crippen molar-refractivity contribution >= 4 is 5.78 Å². The summed E-state index contributed by atoms with van der Waals surface area (Å²) in [5.41, 5.74) is 0.638. The quantitative estimate of drug-likeness (QED) is 0.814. The van der Waals surface area contributed by atoms with Crippen LogP contribution in [0.1, 0.15) is 21.7 Å². The lowest BCUT2D eigenvalue weighted by molar-refractivity contribution is -0.274. The molecule has 0 radical (unpaired) electrons. The van der Waals surface area contributed by atoms with Crippen LogP contribution in [0.2, 0.25) is 0 Å². The van der Waals surface area contributed by atoms with E-state index in [0.29, 0.717) is 5.69 Å². The SMILES string of the molecule is Cc1cc(C(=O)c2ccccc2OC(F)(F)F)n(C)n1. The first-order valence-electron chi connectivity index (χ1n) is 5.68. The summed E-state index contributed by atoms with van der Waals surface area (Å²) in [6.07, 6.45) is -4.85. The average Bonchev–Trinajstić information content (AvgIpc) is 2.66. The molecular weight excluding hydrogens is 273 g/mol. The van der Waals surface area contributed by atoms with E-state index in [1.54, 1.807) is 14.0 Å². The smallest absolute Gasteiger partial charge is 0.405 e. The van der Waals surface area contributed by atoms with Gasteiger partial charge in [-0.2, -0.15) is 5.10 Å². The number of hydrogen-bond acceptors (Lipinski definition) is 3. The third-order valence-electron chi connectivity index (χ3n) is 2.59. The third-order valence-corrected chi connectivity index (χ3v) is 2.59. The number of para-hydroxylation sites is 1. The molecule has 20 heavy (non-hydrogen) atoms. The topological polar surface area (TPSA) is 44.1 Å². The summed E-state index contributed by atoms with van der Waals surface area (Å²) in [6, 6.07) is 6.73. The highest BCUT2D eigenvalue weighted by Crippen LogP contribution is 2.27. The number of hydrogen-bond donors (Lipinski definition) is 0. The summed E-state index contributed by atoms with van der Waals surface area (Å²) >= 11 is 0. The molecular formula is C13H11F3N2O2. The summed E-state index contributed by atoms with van der Waals surface area (Å²) in [5.74, 6) is -1.10. The molecule has 0 spiro atoms. The summed E-state index contributed by atoms with van der Waals surface area (Å²) in [6.45, 7) is 1.69. The zero-order valence-electron chi connectivity index (χ0n) is 10.7. The van der Waals surface area contributed by atoms with E-state index in [2.05, 4.69) is 9.84 Å². The second-order valence-corrected chi connectivity index (χ2v) is 4.17. The van der Waals surface area contributed by atoms with Gasteiger partial charge >= 0.3 is 6.36 Å². The minimum Gasteiger partial charge on any atom is -0.405 e. The van der Waals surface area contributed by atoms with Crippen LogP contribution < -0.4 is 4.74 Å². The van der Waals surface area contributed by atoms with Crippen LogP contribution in [0.5, 0.6) is 5.75 Å². The highest BCUT2D eigenvalue weighted by molar-refractivity contribution is 6.09. The Kier molecular flexibility index (Phi) is 3.52. The second-order valence-electron chi connectivity index (χ2n) is 4.17. The van der Waals surface area contributed by atoms with Crippen LogP contribution in [0, 0.1) is 6.92 Å². The number of rotatable bonds is 3. The second kappa shape index (κ2) is 4.99. The van der Waals surface area contributed by atoms with Gasteiger partial charge in [0.15, 0.2) is 0 Å². The molecule has 1 heterocycles. The van der Waals surface area contributed by atoms with Crippen LogP contribution in [0.4, 0.5) is 13.2 Å². The molecule has 0 bridgehead atoms. The first-order chi connectivity index (χ1) is 9.28. The molecule has 2 aromatic rings. The minimum atomic E-state index is -4.85. The standard InChI is InChI=1S/C13H11F3N2O2/c1-8-7-10(18(2)17-8)12(19)9-5-3-4-6-11(9)20-13(14,15)16/h3-7H,1-2H3. The minimum absolute atomic E-state index is 0.159. The third kappa shape index (κ3) is 2.98. The van der Waals surface area contributed by atoms with Crippen LogP contribution >= 0.6 is 0 Å². The highest BCUT2D eigenvalue weighted by Gasteiger charge is 2.33. The molecule has 0 atom stereocenters. The first kappa shape index (κ1) is 14.1. The molecule has 7 heteroatoms. The molecule has 0 aliphatic rings. The van der Waals surface area contributed by atoms with Gasteiger partial charge in [-0.3, -0.25) is 9.48 Å². The zero-order chi connectivity index (χ0) is 14.9. The fourth-order valence-corrected chi connectivity index (χ4v) is 1.83. The van der Waals surface area contributed by atoms with Gasteiger partial charge in [0.25, 0.3) is 0 Å². The van der Waals surface area contributed by atoms with Crippen LogP contribution in [-0.2, 0) is 7.05 Å². The van der Waals surface area contributed by atoms with E-state index in [1.807, 2.05) is 0 Å². The van der Waals surface area contributed by atoms with Crippen molar-refractivity contribution in [3.05, 3.63) is 47.3 Å². The molecule has 4 nitrogen and oxygen atoms in total. The van der Waals surface area contributed by atoms with Crippen LogP contribution in [0.15, 0.2) is 30.3 Å². The van der Waals surface area contributed by atoms with E-state index in [4.69, 9.17) is 0 Å². The molecule has 2 rings (SSSR count). The summed E-state index contributed by atoms with van der Waals surface area (Å²) in [7, 11) is 1.55. The Bertz CT molecular complexity index is 647. The molecule has 0 N–H and O–H groups in total. The van der Waals surface area contributed by atoms with Crippen molar-refractivity contribution in [1.29, 1.82) is 0 Å². The zero-order valence-corrected chi connectivity index (χ0v) is 10.7. The van der Waals surface area contributed by atoms with Gasteiger partial charge in [-0.15, -0.1) is 13.2 Å². The number of halogens is 3. The number of carbonyl (C=O) groups is 1. The molecule has 106 valence electrons. The number of benzene rings is 1. The maximum absolute atomic E-state index is 12.3. The fourth-order valence-electron chi connectivity index (χ4n) is 1.83. The summed E-state index contributed by atoms with van der Waals surface area (Å²) in [4.78, 5) is 12.3. The van der Waals surface area contributed by atoms with Gasteiger partial charge in [-0.05, 0) is 25.1 Å². The number of nitrogens with zero attached hydrogens (tertiary/aromatic N) is 2. The van der Waals surface area contributed by atoms with Crippen molar-refractivity contribution in [2.45, 2.75) is 13.3 Å². The Morgan fingerprint density at radius 1 is 1.30 bits per heavy atom. The monoisotopic (exact) mass is 284 g/mol. The van der Waals surface area contributed by atoms with Gasteiger partial charge in [0.2, 0.25) is 5.78 Å². The van der Waals surface area contributed by atoms with Crippen molar-refractivity contribution in [3.63, 3.8) is 0 Å². The Morgan fingerprint density at radius 3 is 2.50 bits per heavy atom. The normalized spacial score (nSPS) is 11.4. The van der Waals surface area contributed by atoms with E-state index < -0.39 is 17.9 Å². The molecule has 1 aromatic carbocycles. The summed E-state index contributed by atoms with van der Waals surface area (Å²) < 4.78 is 42.2. The molecule has 0 fully saturated rings. The van der Waals surface area contributed by atoms with Gasteiger partial charge in [-0.25, -0.2) is 0 Å². The molecule has 0 unspecified atom stereocenters. The largest absolute Gasteiger partial charge is 0.573 e. The lowest BCUT2D eigenvalue weighted by Gasteiger charge is -2.12. The molecule has 1 aromatic heterocycles. The van der Waals surface area contributed by atoms with Crippen LogP contribution in [0.25, 0.3) is 0 Å². The van der Waals surface area contributed by atoms with Crippen molar-refractivity contribution < 1.29 is 22.7 Å². The van der Waals surface area contributed by atoms with Gasteiger partial charge in [0.05, 0.1) is 11.3 Å². The van der Waals surface area contributed by atoms with Crippen molar-refractivity contribution in [2.24, 2.45) is 7.05 Å². The highest BCUT2D eigenvalue weighted by atomic mass is 19.4. The first-order valence-corrected chi connectivity index (χ1v) is 5.68. The van der Waals surface area contributed by atoms with E-state index in [1.165, 1.54) is 28.9 Å². The van der Waals surface area contributed by atoms with E-state index in [-0.39, 0.29) is 11.3 Å². The van der Waals surface area contributed by atoms with Crippen LogP contribution in [-0.4, -0.2) is 21.9 Å². The average molecular weight is 284 g/mol. The lowest BCUT2D eigenvalue weighted by atomic mass is 10.1. The van der Waals surface area contributed by atoms with Crippen LogP contribution in [0.3, 0.4) is 0 Å². The number of ether oxygens (including phenoxy) is 1. The van der Waals surface area contributed by atoms with Crippen molar-refractivity contribution in [1.82, 2.24) is 9.78 Å².